The predicted molar refractivity (Wildman–Crippen MR) is 74.5 cm³/mol. The van der Waals surface area contributed by atoms with E-state index in [0.29, 0.717) is 6.54 Å². The van der Waals surface area contributed by atoms with Gasteiger partial charge in [0.25, 0.3) is 0 Å². The monoisotopic (exact) mass is 333 g/mol. The van der Waals surface area contributed by atoms with E-state index in [9.17, 15) is 22.8 Å². The fraction of sp³-hybridized carbons (Fsp3) is 0.571. The summed E-state index contributed by atoms with van der Waals surface area (Å²) in [6, 6.07) is 3.74. The Morgan fingerprint density at radius 2 is 2.22 bits per heavy atom. The number of rotatable bonds is 5. The SMILES string of the molecule is O=C(NCCC(=O)N1CCCC1c1ccc[nH]1)OCC(F)(F)F. The number of hydrogen-bond donors (Lipinski definition) is 2. The zero-order valence-electron chi connectivity index (χ0n) is 12.4. The van der Waals surface area contributed by atoms with E-state index in [0.717, 1.165) is 18.5 Å². The van der Waals surface area contributed by atoms with Crippen LogP contribution < -0.4 is 5.32 Å². The van der Waals surface area contributed by atoms with Gasteiger partial charge in [-0.3, -0.25) is 4.79 Å². The van der Waals surface area contributed by atoms with Crippen molar-refractivity contribution in [1.82, 2.24) is 15.2 Å². The number of likely N-dealkylation sites (tertiary alicyclic amines) is 1. The van der Waals surface area contributed by atoms with Crippen molar-refractivity contribution in [2.24, 2.45) is 0 Å². The van der Waals surface area contributed by atoms with Crippen LogP contribution in [-0.2, 0) is 9.53 Å². The van der Waals surface area contributed by atoms with Crippen molar-refractivity contribution in [3.05, 3.63) is 24.0 Å². The van der Waals surface area contributed by atoms with Crippen molar-refractivity contribution >= 4 is 12.0 Å². The smallest absolute Gasteiger partial charge is 0.422 e. The number of nitrogens with zero attached hydrogens (tertiary/aromatic N) is 1. The third kappa shape index (κ3) is 5.19. The molecule has 6 nitrogen and oxygen atoms in total. The van der Waals surface area contributed by atoms with Crippen LogP contribution >= 0.6 is 0 Å². The minimum Gasteiger partial charge on any atom is -0.440 e. The summed E-state index contributed by atoms with van der Waals surface area (Å²) in [7, 11) is 0. The van der Waals surface area contributed by atoms with Gasteiger partial charge in [-0.05, 0) is 25.0 Å². The molecule has 0 aliphatic carbocycles. The van der Waals surface area contributed by atoms with Gasteiger partial charge in [-0.1, -0.05) is 0 Å². The zero-order valence-corrected chi connectivity index (χ0v) is 12.4. The van der Waals surface area contributed by atoms with Crippen molar-refractivity contribution in [3.8, 4) is 0 Å². The molecule has 2 N–H and O–H groups in total. The van der Waals surface area contributed by atoms with Crippen molar-refractivity contribution < 1.29 is 27.5 Å². The van der Waals surface area contributed by atoms with Gasteiger partial charge in [0.1, 0.15) is 0 Å². The first-order chi connectivity index (χ1) is 10.9. The first kappa shape index (κ1) is 17.2. The first-order valence-corrected chi connectivity index (χ1v) is 7.27. The number of aromatic nitrogens is 1. The summed E-state index contributed by atoms with van der Waals surface area (Å²) in [4.78, 5) is 28.1. The summed E-state index contributed by atoms with van der Waals surface area (Å²) in [5, 5.41) is 2.14. The molecule has 1 unspecified atom stereocenters. The Bertz CT molecular complexity index is 531. The molecule has 2 amide bonds. The van der Waals surface area contributed by atoms with E-state index in [1.807, 2.05) is 12.1 Å². The topological polar surface area (TPSA) is 74.4 Å². The molecule has 2 rings (SSSR count). The fourth-order valence-electron chi connectivity index (χ4n) is 2.55. The average molecular weight is 333 g/mol. The molecule has 0 saturated carbocycles. The number of carbonyl (C=O) groups is 2. The molecule has 2 heterocycles. The van der Waals surface area contributed by atoms with Crippen molar-refractivity contribution in [3.63, 3.8) is 0 Å². The molecule has 1 saturated heterocycles. The summed E-state index contributed by atoms with van der Waals surface area (Å²) in [5.74, 6) is -0.154. The van der Waals surface area contributed by atoms with Crippen LogP contribution in [0.5, 0.6) is 0 Å². The number of alkyl halides is 3. The van der Waals surface area contributed by atoms with Crippen molar-refractivity contribution in [2.75, 3.05) is 19.7 Å². The Morgan fingerprint density at radius 1 is 1.43 bits per heavy atom. The molecule has 1 aromatic rings. The number of hydrogen-bond acceptors (Lipinski definition) is 3. The van der Waals surface area contributed by atoms with Crippen LogP contribution in [-0.4, -0.2) is 47.8 Å². The Morgan fingerprint density at radius 3 is 2.87 bits per heavy atom. The van der Waals surface area contributed by atoms with E-state index < -0.39 is 18.9 Å². The van der Waals surface area contributed by atoms with Gasteiger partial charge in [-0.2, -0.15) is 13.2 Å². The maximum atomic E-state index is 12.2. The van der Waals surface area contributed by atoms with Gasteiger partial charge in [-0.15, -0.1) is 0 Å². The van der Waals surface area contributed by atoms with Crippen LogP contribution in [0, 0.1) is 0 Å². The van der Waals surface area contributed by atoms with Crippen LogP contribution in [0.4, 0.5) is 18.0 Å². The molecule has 9 heteroatoms. The molecule has 0 bridgehead atoms. The maximum absolute atomic E-state index is 12.2. The maximum Gasteiger partial charge on any atom is 0.422 e. The molecule has 0 radical (unpaired) electrons. The third-order valence-corrected chi connectivity index (χ3v) is 3.53. The molecule has 1 aromatic heterocycles. The highest BCUT2D eigenvalue weighted by Gasteiger charge is 2.31. The average Bonchev–Trinajstić information content (AvgIpc) is 3.14. The number of H-pyrrole nitrogens is 1. The van der Waals surface area contributed by atoms with Gasteiger partial charge in [0, 0.05) is 31.4 Å². The van der Waals surface area contributed by atoms with E-state index >= 15 is 0 Å². The second kappa shape index (κ2) is 7.38. The lowest BCUT2D eigenvalue weighted by atomic mass is 10.1. The number of aromatic amines is 1. The summed E-state index contributed by atoms with van der Waals surface area (Å²) in [6.45, 7) is -1.09. The highest BCUT2D eigenvalue weighted by atomic mass is 19.4. The van der Waals surface area contributed by atoms with Gasteiger partial charge in [0.15, 0.2) is 6.61 Å². The Labute approximate surface area is 131 Å². The summed E-state index contributed by atoms with van der Waals surface area (Å²) >= 11 is 0. The van der Waals surface area contributed by atoms with Crippen LogP contribution in [0.15, 0.2) is 18.3 Å². The lowest BCUT2D eigenvalue weighted by Gasteiger charge is -2.24. The summed E-state index contributed by atoms with van der Waals surface area (Å²) in [5.41, 5.74) is 0.952. The van der Waals surface area contributed by atoms with Gasteiger partial charge in [-0.25, -0.2) is 4.79 Å². The summed E-state index contributed by atoms with van der Waals surface area (Å²) in [6.07, 6.45) is -2.21. The molecular weight excluding hydrogens is 315 g/mol. The quantitative estimate of drug-likeness (QED) is 0.869. The van der Waals surface area contributed by atoms with Crippen molar-refractivity contribution in [2.45, 2.75) is 31.5 Å². The third-order valence-electron chi connectivity index (χ3n) is 3.53. The van der Waals surface area contributed by atoms with Gasteiger partial charge >= 0.3 is 12.3 Å². The predicted octanol–water partition coefficient (Wildman–Crippen LogP) is 2.36. The number of amides is 2. The van der Waals surface area contributed by atoms with Gasteiger partial charge < -0.3 is 19.9 Å². The van der Waals surface area contributed by atoms with E-state index in [4.69, 9.17) is 0 Å². The van der Waals surface area contributed by atoms with Crippen LogP contribution in [0.1, 0.15) is 31.0 Å². The fourth-order valence-corrected chi connectivity index (χ4v) is 2.55. The lowest BCUT2D eigenvalue weighted by molar-refractivity contribution is -0.160. The molecule has 0 aromatic carbocycles. The minimum absolute atomic E-state index is 0.0122. The van der Waals surface area contributed by atoms with Crippen molar-refractivity contribution in [1.29, 1.82) is 0 Å². The Balaban J connectivity index is 1.73. The largest absolute Gasteiger partial charge is 0.440 e. The molecule has 0 spiro atoms. The standard InChI is InChI=1S/C14H18F3N3O3/c15-14(16,17)9-23-13(22)19-7-5-12(21)20-8-2-4-11(20)10-3-1-6-18-10/h1,3,6,11,18H,2,4-5,7-9H2,(H,19,22). The number of alkyl carbamates (subject to hydrolysis) is 1. The Hall–Kier alpha value is -2.19. The molecule has 128 valence electrons. The first-order valence-electron chi connectivity index (χ1n) is 7.27. The molecule has 23 heavy (non-hydrogen) atoms. The number of nitrogens with one attached hydrogen (secondary N) is 2. The zero-order chi connectivity index (χ0) is 16.9. The van der Waals surface area contributed by atoms with E-state index in [-0.39, 0.29) is 24.9 Å². The minimum atomic E-state index is -4.56. The van der Waals surface area contributed by atoms with E-state index in [2.05, 4.69) is 15.0 Å². The molecular formula is C14H18F3N3O3. The second-order valence-corrected chi connectivity index (χ2v) is 5.24. The van der Waals surface area contributed by atoms with Crippen LogP contribution in [0.25, 0.3) is 0 Å². The van der Waals surface area contributed by atoms with E-state index in [1.54, 1.807) is 11.1 Å². The molecule has 1 aliphatic heterocycles. The molecule has 1 fully saturated rings. The highest BCUT2D eigenvalue weighted by molar-refractivity contribution is 5.78. The lowest BCUT2D eigenvalue weighted by Crippen LogP contribution is -2.35. The van der Waals surface area contributed by atoms with Crippen LogP contribution in [0.3, 0.4) is 0 Å². The Kier molecular flexibility index (Phi) is 5.51. The number of carbonyl (C=O) groups excluding carboxylic acids is 2. The second-order valence-electron chi connectivity index (χ2n) is 5.24. The van der Waals surface area contributed by atoms with Gasteiger partial charge in [0.05, 0.1) is 6.04 Å². The molecule has 1 aliphatic rings. The van der Waals surface area contributed by atoms with Crippen LogP contribution in [0.2, 0.25) is 0 Å². The van der Waals surface area contributed by atoms with E-state index in [1.165, 1.54) is 0 Å². The molecule has 1 atom stereocenters. The van der Waals surface area contributed by atoms with Gasteiger partial charge in [0.2, 0.25) is 5.91 Å². The summed E-state index contributed by atoms with van der Waals surface area (Å²) < 4.78 is 39.6. The number of halogens is 3. The normalized spacial score (nSPS) is 18.0. The highest BCUT2D eigenvalue weighted by Crippen LogP contribution is 2.31. The number of ether oxygens (including phenoxy) is 1.